The van der Waals surface area contributed by atoms with E-state index in [1.807, 2.05) is 0 Å². The normalized spacial score (nSPS) is 14.9. The fourth-order valence-corrected chi connectivity index (χ4v) is 4.09. The highest BCUT2D eigenvalue weighted by Gasteiger charge is 2.21. The van der Waals surface area contributed by atoms with Gasteiger partial charge in [0.15, 0.2) is 0 Å². The van der Waals surface area contributed by atoms with Crippen LogP contribution in [0.5, 0.6) is 0 Å². The summed E-state index contributed by atoms with van der Waals surface area (Å²) in [7, 11) is -3.54. The third kappa shape index (κ3) is 4.07. The van der Waals surface area contributed by atoms with Crippen LogP contribution in [-0.2, 0) is 20.6 Å². The molecule has 0 bridgehead atoms. The van der Waals surface area contributed by atoms with Crippen LogP contribution in [-0.4, -0.2) is 20.9 Å². The molecule has 3 rings (SSSR count). The van der Waals surface area contributed by atoms with Crippen molar-refractivity contribution in [1.29, 1.82) is 0 Å². The van der Waals surface area contributed by atoms with Gasteiger partial charge in [-0.25, -0.2) is 8.42 Å². The van der Waals surface area contributed by atoms with Crippen LogP contribution in [0.1, 0.15) is 18.4 Å². The summed E-state index contributed by atoms with van der Waals surface area (Å²) in [4.78, 5) is 13.4. The largest absolute Gasteiger partial charge is 0.312 e. The maximum Gasteiger partial charge on any atom is 0.236 e. The van der Waals surface area contributed by atoms with E-state index in [4.69, 9.17) is 11.6 Å². The monoisotopic (exact) mass is 364 g/mol. The zero-order valence-electron chi connectivity index (χ0n) is 12.9. The van der Waals surface area contributed by atoms with Crippen LogP contribution in [0.15, 0.2) is 48.5 Å². The number of nitrogens with zero attached hydrogens (tertiary/aromatic N) is 1. The van der Waals surface area contributed by atoms with Crippen LogP contribution in [0.3, 0.4) is 0 Å². The molecule has 126 valence electrons. The Kier molecular flexibility index (Phi) is 4.78. The molecule has 1 aliphatic heterocycles. The molecule has 1 fully saturated rings. The van der Waals surface area contributed by atoms with Crippen molar-refractivity contribution in [3.63, 3.8) is 0 Å². The SMILES string of the molecule is O=C1CCCN1c1ccc(NS(=O)(=O)Cc2cccc(Cl)c2)cc1. The first-order chi connectivity index (χ1) is 11.4. The van der Waals surface area contributed by atoms with E-state index in [2.05, 4.69) is 4.72 Å². The van der Waals surface area contributed by atoms with Crippen molar-refractivity contribution in [3.8, 4) is 0 Å². The Bertz CT molecular complexity index is 850. The lowest BCUT2D eigenvalue weighted by Gasteiger charge is -2.16. The number of nitrogens with one attached hydrogen (secondary N) is 1. The second kappa shape index (κ2) is 6.83. The number of carbonyl (C=O) groups excluding carboxylic acids is 1. The van der Waals surface area contributed by atoms with E-state index in [0.29, 0.717) is 29.2 Å². The minimum Gasteiger partial charge on any atom is -0.312 e. The molecule has 0 spiro atoms. The van der Waals surface area contributed by atoms with Crippen molar-refractivity contribution >= 4 is 38.9 Å². The number of hydrogen-bond acceptors (Lipinski definition) is 3. The van der Waals surface area contributed by atoms with Gasteiger partial charge in [-0.3, -0.25) is 9.52 Å². The van der Waals surface area contributed by atoms with Gasteiger partial charge in [0, 0.05) is 29.4 Å². The van der Waals surface area contributed by atoms with Gasteiger partial charge in [0.25, 0.3) is 0 Å². The average Bonchev–Trinajstić information content (AvgIpc) is 2.93. The van der Waals surface area contributed by atoms with Crippen LogP contribution in [0.25, 0.3) is 0 Å². The molecule has 24 heavy (non-hydrogen) atoms. The van der Waals surface area contributed by atoms with E-state index in [-0.39, 0.29) is 11.7 Å². The number of sulfonamides is 1. The molecule has 5 nitrogen and oxygen atoms in total. The summed E-state index contributed by atoms with van der Waals surface area (Å²) >= 11 is 5.88. The first-order valence-electron chi connectivity index (χ1n) is 7.58. The van der Waals surface area contributed by atoms with E-state index < -0.39 is 10.0 Å². The van der Waals surface area contributed by atoms with Crippen molar-refractivity contribution in [1.82, 2.24) is 0 Å². The molecule has 1 N–H and O–H groups in total. The van der Waals surface area contributed by atoms with Gasteiger partial charge in [-0.05, 0) is 48.4 Å². The predicted octanol–water partition coefficient (Wildman–Crippen LogP) is 3.41. The van der Waals surface area contributed by atoms with Crippen molar-refractivity contribution < 1.29 is 13.2 Å². The fraction of sp³-hybridized carbons (Fsp3) is 0.235. The van der Waals surface area contributed by atoms with Crippen LogP contribution in [0.4, 0.5) is 11.4 Å². The maximum atomic E-state index is 12.3. The number of benzene rings is 2. The Morgan fingerprint density at radius 2 is 1.88 bits per heavy atom. The van der Waals surface area contributed by atoms with Gasteiger partial charge in [-0.2, -0.15) is 0 Å². The first kappa shape index (κ1) is 16.8. The lowest BCUT2D eigenvalue weighted by atomic mass is 10.2. The molecule has 1 heterocycles. The van der Waals surface area contributed by atoms with E-state index in [1.165, 1.54) is 0 Å². The first-order valence-corrected chi connectivity index (χ1v) is 9.61. The van der Waals surface area contributed by atoms with Gasteiger partial charge in [0.05, 0.1) is 5.75 Å². The molecule has 0 aliphatic carbocycles. The molecule has 2 aromatic rings. The third-order valence-corrected chi connectivity index (χ3v) is 5.27. The molecular formula is C17H17ClN2O3S. The number of carbonyl (C=O) groups is 1. The average molecular weight is 365 g/mol. The lowest BCUT2D eigenvalue weighted by molar-refractivity contribution is -0.117. The van der Waals surface area contributed by atoms with Crippen molar-refractivity contribution in [2.75, 3.05) is 16.2 Å². The van der Waals surface area contributed by atoms with Crippen molar-refractivity contribution in [3.05, 3.63) is 59.1 Å². The Hall–Kier alpha value is -2.05. The predicted molar refractivity (Wildman–Crippen MR) is 95.7 cm³/mol. The summed E-state index contributed by atoms with van der Waals surface area (Å²) in [5, 5.41) is 0.502. The van der Waals surface area contributed by atoms with E-state index in [0.717, 1.165) is 12.1 Å². The molecule has 0 aromatic heterocycles. The van der Waals surface area contributed by atoms with Crippen molar-refractivity contribution in [2.24, 2.45) is 0 Å². The maximum absolute atomic E-state index is 12.3. The zero-order chi connectivity index (χ0) is 17.2. The molecule has 1 aliphatic rings. The molecular weight excluding hydrogens is 348 g/mol. The molecule has 1 amide bonds. The van der Waals surface area contributed by atoms with Crippen LogP contribution >= 0.6 is 11.6 Å². The van der Waals surface area contributed by atoms with Gasteiger partial charge < -0.3 is 4.90 Å². The number of hydrogen-bond donors (Lipinski definition) is 1. The Balaban J connectivity index is 1.69. The number of rotatable bonds is 5. The van der Waals surface area contributed by atoms with E-state index in [1.54, 1.807) is 53.4 Å². The van der Waals surface area contributed by atoms with E-state index >= 15 is 0 Å². The second-order valence-corrected chi connectivity index (χ2v) is 7.85. The Morgan fingerprint density at radius 1 is 1.12 bits per heavy atom. The molecule has 2 aromatic carbocycles. The number of amides is 1. The quantitative estimate of drug-likeness (QED) is 0.884. The molecule has 0 radical (unpaired) electrons. The van der Waals surface area contributed by atoms with E-state index in [9.17, 15) is 13.2 Å². The molecule has 7 heteroatoms. The Morgan fingerprint density at radius 3 is 2.50 bits per heavy atom. The summed E-state index contributed by atoms with van der Waals surface area (Å²) in [5.41, 5.74) is 1.87. The lowest BCUT2D eigenvalue weighted by Crippen LogP contribution is -2.23. The third-order valence-electron chi connectivity index (χ3n) is 3.77. The summed E-state index contributed by atoms with van der Waals surface area (Å²) in [6.07, 6.45) is 1.42. The highest BCUT2D eigenvalue weighted by Crippen LogP contribution is 2.24. The van der Waals surface area contributed by atoms with Crippen LogP contribution in [0.2, 0.25) is 5.02 Å². The van der Waals surface area contributed by atoms with Gasteiger partial charge in [0.1, 0.15) is 0 Å². The highest BCUT2D eigenvalue weighted by molar-refractivity contribution is 7.91. The summed E-state index contributed by atoms with van der Waals surface area (Å²) in [5.74, 6) is -0.0517. The van der Waals surface area contributed by atoms with Gasteiger partial charge in [-0.1, -0.05) is 23.7 Å². The van der Waals surface area contributed by atoms with Crippen molar-refractivity contribution in [2.45, 2.75) is 18.6 Å². The van der Waals surface area contributed by atoms with Crippen LogP contribution < -0.4 is 9.62 Å². The van der Waals surface area contributed by atoms with Gasteiger partial charge >= 0.3 is 0 Å². The van der Waals surface area contributed by atoms with Gasteiger partial charge in [0.2, 0.25) is 15.9 Å². The number of halogens is 1. The fourth-order valence-electron chi connectivity index (χ4n) is 2.69. The zero-order valence-corrected chi connectivity index (χ0v) is 14.5. The molecule has 0 atom stereocenters. The molecule has 1 saturated heterocycles. The summed E-state index contributed by atoms with van der Waals surface area (Å²) in [6.45, 7) is 0.707. The smallest absolute Gasteiger partial charge is 0.236 e. The standard InChI is InChI=1S/C17H17ClN2O3S/c18-14-4-1-3-13(11-14)12-24(22,23)19-15-6-8-16(9-7-15)20-10-2-5-17(20)21/h1,3-4,6-9,11,19H,2,5,10,12H2. The summed E-state index contributed by atoms with van der Waals surface area (Å²) in [6, 6.07) is 13.6. The minimum atomic E-state index is -3.54. The molecule has 0 saturated carbocycles. The molecule has 0 unspecified atom stereocenters. The van der Waals surface area contributed by atoms with Gasteiger partial charge in [-0.15, -0.1) is 0 Å². The van der Waals surface area contributed by atoms with Crippen LogP contribution in [0, 0.1) is 0 Å². The second-order valence-electron chi connectivity index (χ2n) is 5.69. The number of anilines is 2. The summed E-state index contributed by atoms with van der Waals surface area (Å²) < 4.78 is 27.1. The highest BCUT2D eigenvalue weighted by atomic mass is 35.5. The minimum absolute atomic E-state index is 0.101. The Labute approximate surface area is 146 Å². The topological polar surface area (TPSA) is 66.5 Å².